The summed E-state index contributed by atoms with van der Waals surface area (Å²) in [6, 6.07) is 0. The SMILES string of the molecule is C.C#CCNC.CCC.CCOC. The fraction of sp³-hybridized carbons (Fsp3) is 0.818. The molecule has 82 valence electrons. The van der Waals surface area contributed by atoms with Gasteiger partial charge >= 0.3 is 0 Å². The van der Waals surface area contributed by atoms with E-state index in [0.717, 1.165) is 6.61 Å². The van der Waals surface area contributed by atoms with Crippen molar-refractivity contribution in [2.75, 3.05) is 27.3 Å². The molecule has 0 saturated heterocycles. The Labute approximate surface area is 85.1 Å². The molecule has 0 spiro atoms. The highest BCUT2D eigenvalue weighted by atomic mass is 16.5. The van der Waals surface area contributed by atoms with Crippen molar-refractivity contribution in [2.24, 2.45) is 0 Å². The normalized spacial score (nSPS) is 6.15. The predicted octanol–water partition coefficient (Wildman–Crippen LogP) is 2.54. The van der Waals surface area contributed by atoms with E-state index in [0.29, 0.717) is 6.54 Å². The lowest BCUT2D eigenvalue weighted by Gasteiger charge is -1.76. The van der Waals surface area contributed by atoms with Gasteiger partial charge in [0.15, 0.2) is 0 Å². The molecule has 0 rings (SSSR count). The van der Waals surface area contributed by atoms with Gasteiger partial charge in [0, 0.05) is 13.7 Å². The van der Waals surface area contributed by atoms with E-state index in [-0.39, 0.29) is 7.43 Å². The number of ether oxygens (including phenoxy) is 1. The van der Waals surface area contributed by atoms with Crippen LogP contribution in [0.1, 0.15) is 34.6 Å². The van der Waals surface area contributed by atoms with Crippen molar-refractivity contribution in [3.8, 4) is 12.3 Å². The fourth-order valence-corrected chi connectivity index (χ4v) is 0.102. The zero-order valence-electron chi connectivity index (χ0n) is 9.11. The van der Waals surface area contributed by atoms with Crippen LogP contribution in [0.15, 0.2) is 0 Å². The summed E-state index contributed by atoms with van der Waals surface area (Å²) in [7, 11) is 3.50. The molecule has 0 fully saturated rings. The van der Waals surface area contributed by atoms with Crippen LogP contribution in [-0.4, -0.2) is 27.3 Å². The number of methoxy groups -OCH3 is 1. The molecular formula is C11H27NO. The molecule has 13 heavy (non-hydrogen) atoms. The quantitative estimate of drug-likeness (QED) is 0.674. The van der Waals surface area contributed by atoms with Crippen LogP contribution in [0.3, 0.4) is 0 Å². The Morgan fingerprint density at radius 3 is 1.62 bits per heavy atom. The predicted molar refractivity (Wildman–Crippen MR) is 63.0 cm³/mol. The van der Waals surface area contributed by atoms with Gasteiger partial charge in [-0.15, -0.1) is 6.42 Å². The van der Waals surface area contributed by atoms with Gasteiger partial charge in [0.25, 0.3) is 0 Å². The van der Waals surface area contributed by atoms with Crippen LogP contribution in [0.2, 0.25) is 0 Å². The molecule has 0 aliphatic rings. The molecule has 1 N–H and O–H groups in total. The molecule has 2 nitrogen and oxygen atoms in total. The van der Waals surface area contributed by atoms with Crippen LogP contribution in [0, 0.1) is 12.3 Å². The van der Waals surface area contributed by atoms with Crippen LogP contribution in [0.25, 0.3) is 0 Å². The van der Waals surface area contributed by atoms with Crippen LogP contribution in [0.5, 0.6) is 0 Å². The van der Waals surface area contributed by atoms with Gasteiger partial charge in [-0.1, -0.05) is 33.6 Å². The summed E-state index contributed by atoms with van der Waals surface area (Å²) >= 11 is 0. The summed E-state index contributed by atoms with van der Waals surface area (Å²) in [5, 5.41) is 2.78. The average molecular weight is 189 g/mol. The van der Waals surface area contributed by atoms with Crippen LogP contribution < -0.4 is 5.32 Å². The highest BCUT2D eigenvalue weighted by Gasteiger charge is 1.56. The monoisotopic (exact) mass is 189 g/mol. The molecule has 0 unspecified atom stereocenters. The maximum Gasteiger partial charge on any atom is 0.0571 e. The Bertz CT molecular complexity index is 74.6. The highest BCUT2D eigenvalue weighted by Crippen LogP contribution is 1.56. The summed E-state index contributed by atoms with van der Waals surface area (Å²) in [5.41, 5.74) is 0. The second-order valence-electron chi connectivity index (χ2n) is 2.02. The summed E-state index contributed by atoms with van der Waals surface area (Å²) in [6.45, 7) is 7.69. The lowest BCUT2D eigenvalue weighted by Crippen LogP contribution is -2.03. The van der Waals surface area contributed by atoms with Gasteiger partial charge in [-0.25, -0.2) is 0 Å². The zero-order valence-corrected chi connectivity index (χ0v) is 9.11. The molecule has 0 saturated carbocycles. The van der Waals surface area contributed by atoms with E-state index in [1.165, 1.54) is 6.42 Å². The van der Waals surface area contributed by atoms with Crippen molar-refractivity contribution in [1.29, 1.82) is 0 Å². The number of terminal acetylenes is 1. The third-order valence-electron chi connectivity index (χ3n) is 0.568. The minimum Gasteiger partial charge on any atom is -0.385 e. The number of hydrogen-bond acceptors (Lipinski definition) is 2. The van der Waals surface area contributed by atoms with Gasteiger partial charge in [-0.3, -0.25) is 0 Å². The second kappa shape index (κ2) is 42.0. The molecule has 0 bridgehead atoms. The van der Waals surface area contributed by atoms with Crippen molar-refractivity contribution in [3.05, 3.63) is 0 Å². The number of nitrogens with one attached hydrogen (secondary N) is 1. The van der Waals surface area contributed by atoms with Crippen molar-refractivity contribution in [1.82, 2.24) is 5.32 Å². The highest BCUT2D eigenvalue weighted by molar-refractivity contribution is 4.85. The Morgan fingerprint density at radius 2 is 1.62 bits per heavy atom. The van der Waals surface area contributed by atoms with E-state index in [2.05, 4.69) is 29.8 Å². The molecule has 0 aromatic carbocycles. The van der Waals surface area contributed by atoms with Crippen molar-refractivity contribution >= 4 is 0 Å². The maximum atomic E-state index is 4.83. The molecule has 2 heteroatoms. The first-order valence-corrected chi connectivity index (χ1v) is 4.31. The first kappa shape index (κ1) is 22.9. The van der Waals surface area contributed by atoms with Crippen LogP contribution in [0.4, 0.5) is 0 Å². The summed E-state index contributed by atoms with van der Waals surface area (Å²) in [4.78, 5) is 0. The largest absolute Gasteiger partial charge is 0.385 e. The van der Waals surface area contributed by atoms with Crippen molar-refractivity contribution in [3.63, 3.8) is 0 Å². The van der Waals surface area contributed by atoms with E-state index in [1.807, 2.05) is 14.0 Å². The van der Waals surface area contributed by atoms with E-state index < -0.39 is 0 Å². The average Bonchev–Trinajstić information content (AvgIpc) is 2.08. The van der Waals surface area contributed by atoms with Gasteiger partial charge in [0.05, 0.1) is 6.54 Å². The Kier molecular flexibility index (Phi) is 73.9. The maximum absolute atomic E-state index is 4.83. The molecule has 0 aromatic heterocycles. The number of rotatable bonds is 2. The lowest BCUT2D eigenvalue weighted by atomic mass is 10.6. The lowest BCUT2D eigenvalue weighted by molar-refractivity contribution is 0.215. The zero-order chi connectivity index (χ0) is 10.2. The van der Waals surface area contributed by atoms with E-state index >= 15 is 0 Å². The summed E-state index contributed by atoms with van der Waals surface area (Å²) in [5.74, 6) is 2.41. The third kappa shape index (κ3) is 168. The summed E-state index contributed by atoms with van der Waals surface area (Å²) in [6.07, 6.45) is 6.08. The molecule has 0 radical (unpaired) electrons. The topological polar surface area (TPSA) is 21.3 Å². The van der Waals surface area contributed by atoms with Crippen LogP contribution in [-0.2, 0) is 4.74 Å². The molecule has 0 aliphatic carbocycles. The third-order valence-corrected chi connectivity index (χ3v) is 0.568. The van der Waals surface area contributed by atoms with Gasteiger partial charge < -0.3 is 10.1 Å². The molecule has 0 atom stereocenters. The Hall–Kier alpha value is -0.520. The van der Waals surface area contributed by atoms with Gasteiger partial charge in [0.1, 0.15) is 0 Å². The first-order chi connectivity index (χ1) is 5.74. The molecule has 0 aromatic rings. The molecule has 0 heterocycles. The van der Waals surface area contributed by atoms with Crippen LogP contribution >= 0.6 is 0 Å². The molecule has 0 amide bonds. The first-order valence-electron chi connectivity index (χ1n) is 4.31. The standard InChI is InChI=1S/C4H7N.C3H8O.C3H8.CH4/c1-3-4-5-2;1-3-4-2;1-3-2;/h1,5H,4H2,2H3;3H2,1-2H3;3H2,1-2H3;1H4. The van der Waals surface area contributed by atoms with E-state index in [9.17, 15) is 0 Å². The minimum atomic E-state index is 0. The van der Waals surface area contributed by atoms with Crippen molar-refractivity contribution < 1.29 is 4.74 Å². The molecule has 0 aliphatic heterocycles. The Morgan fingerprint density at radius 1 is 1.31 bits per heavy atom. The van der Waals surface area contributed by atoms with E-state index in [1.54, 1.807) is 7.11 Å². The number of hydrogen-bond donors (Lipinski definition) is 1. The fourth-order valence-electron chi connectivity index (χ4n) is 0.102. The van der Waals surface area contributed by atoms with Gasteiger partial charge in [-0.05, 0) is 14.0 Å². The van der Waals surface area contributed by atoms with Gasteiger partial charge in [0.2, 0.25) is 0 Å². The van der Waals surface area contributed by atoms with Crippen molar-refractivity contribution in [2.45, 2.75) is 34.6 Å². The smallest absolute Gasteiger partial charge is 0.0571 e. The summed E-state index contributed by atoms with van der Waals surface area (Å²) < 4.78 is 4.54. The van der Waals surface area contributed by atoms with Gasteiger partial charge in [-0.2, -0.15) is 0 Å². The minimum absolute atomic E-state index is 0. The van der Waals surface area contributed by atoms with E-state index in [4.69, 9.17) is 6.42 Å². The second-order valence-corrected chi connectivity index (χ2v) is 2.02. The Balaban J connectivity index is -0.0000000465. The molecular weight excluding hydrogens is 162 g/mol.